The van der Waals surface area contributed by atoms with E-state index in [2.05, 4.69) is 27.6 Å². The molecule has 0 fully saturated rings. The lowest BCUT2D eigenvalue weighted by Gasteiger charge is -2.09. The van der Waals surface area contributed by atoms with Crippen molar-refractivity contribution in [2.24, 2.45) is 0 Å². The van der Waals surface area contributed by atoms with Crippen LogP contribution in [0.2, 0.25) is 0 Å². The van der Waals surface area contributed by atoms with Gasteiger partial charge in [0.2, 0.25) is 11.7 Å². The normalized spacial score (nSPS) is 9.82. The third-order valence-corrected chi connectivity index (χ3v) is 3.06. The summed E-state index contributed by atoms with van der Waals surface area (Å²) >= 11 is 2.09. The summed E-state index contributed by atoms with van der Waals surface area (Å²) in [6, 6.07) is 1.77. The molecular weight excluding hydrogens is 337 g/mol. The molecule has 0 unspecified atom stereocenters. The summed E-state index contributed by atoms with van der Waals surface area (Å²) in [5.41, 5.74) is 0.660. The number of ketones is 1. The fourth-order valence-corrected chi connectivity index (χ4v) is 1.67. The van der Waals surface area contributed by atoms with Crippen molar-refractivity contribution in [1.82, 2.24) is 4.98 Å². The van der Waals surface area contributed by atoms with Gasteiger partial charge in [-0.3, -0.25) is 4.79 Å². The lowest BCUT2D eigenvalue weighted by atomic mass is 10.3. The van der Waals surface area contributed by atoms with Crippen molar-refractivity contribution in [3.8, 4) is 5.88 Å². The summed E-state index contributed by atoms with van der Waals surface area (Å²) < 4.78 is 10.8. The van der Waals surface area contributed by atoms with Gasteiger partial charge in [0.05, 0.1) is 12.7 Å². The zero-order valence-electron chi connectivity index (χ0n) is 9.53. The number of aromatic nitrogens is 1. The van der Waals surface area contributed by atoms with Crippen LogP contribution in [0.25, 0.3) is 0 Å². The van der Waals surface area contributed by atoms with Gasteiger partial charge in [-0.2, -0.15) is 0 Å². The number of hydrogen-bond donors (Lipinski definition) is 0. The molecule has 17 heavy (non-hydrogen) atoms. The van der Waals surface area contributed by atoms with E-state index in [-0.39, 0.29) is 13.0 Å². The van der Waals surface area contributed by atoms with Crippen molar-refractivity contribution >= 4 is 34.3 Å². The minimum atomic E-state index is -0.825. The molecule has 0 spiro atoms. The van der Waals surface area contributed by atoms with Crippen LogP contribution in [0.4, 0.5) is 0 Å². The molecule has 92 valence electrons. The van der Waals surface area contributed by atoms with E-state index in [0.29, 0.717) is 11.4 Å². The lowest BCUT2D eigenvalue weighted by Crippen LogP contribution is -2.16. The van der Waals surface area contributed by atoms with Gasteiger partial charge in [-0.15, -0.1) is 0 Å². The Labute approximate surface area is 113 Å². The minimum Gasteiger partial charge on any atom is -0.481 e. The first-order chi connectivity index (χ1) is 8.10. The molecule has 0 aliphatic heterocycles. The van der Waals surface area contributed by atoms with Crippen LogP contribution in [0.1, 0.15) is 18.9 Å². The predicted molar refractivity (Wildman–Crippen MR) is 68.6 cm³/mol. The summed E-state index contributed by atoms with van der Waals surface area (Å²) in [5, 5.41) is 0. The van der Waals surface area contributed by atoms with Crippen LogP contribution in [0.5, 0.6) is 5.88 Å². The summed E-state index contributed by atoms with van der Waals surface area (Å²) in [4.78, 5) is 26.3. The molecule has 0 radical (unpaired) electrons. The van der Waals surface area contributed by atoms with E-state index < -0.39 is 11.8 Å². The molecule has 0 aliphatic rings. The molecule has 0 N–H and O–H groups in total. The third-order valence-electron chi connectivity index (χ3n) is 2.05. The first kappa shape index (κ1) is 13.9. The highest BCUT2D eigenvalue weighted by molar-refractivity contribution is 14.1. The van der Waals surface area contributed by atoms with Crippen molar-refractivity contribution in [1.29, 1.82) is 0 Å². The highest BCUT2D eigenvalue weighted by atomic mass is 127. The number of halogens is 1. The first-order valence-electron chi connectivity index (χ1n) is 4.97. The number of carbonyl (C=O) groups excluding carboxylic acids is 2. The first-order valence-corrected chi connectivity index (χ1v) is 6.05. The smallest absolute Gasteiger partial charge is 0.374 e. The van der Waals surface area contributed by atoms with Gasteiger partial charge < -0.3 is 9.47 Å². The Morgan fingerprint density at radius 1 is 1.47 bits per heavy atom. The number of ether oxygens (including phenoxy) is 2. The van der Waals surface area contributed by atoms with Gasteiger partial charge in [-0.1, -0.05) is 6.92 Å². The number of carbonyl (C=O) groups is 2. The largest absolute Gasteiger partial charge is 0.481 e. The topological polar surface area (TPSA) is 65.5 Å². The Kier molecular flexibility index (Phi) is 5.33. The zero-order chi connectivity index (χ0) is 12.8. The van der Waals surface area contributed by atoms with Crippen molar-refractivity contribution in [3.05, 3.63) is 21.4 Å². The molecule has 6 heteroatoms. The average Bonchev–Trinajstić information content (AvgIpc) is 2.35. The lowest BCUT2D eigenvalue weighted by molar-refractivity contribution is -0.154. The fraction of sp³-hybridized carbons (Fsp3) is 0.364. The third kappa shape index (κ3) is 3.65. The monoisotopic (exact) mass is 349 g/mol. The number of nitrogens with zero attached hydrogens (tertiary/aromatic N) is 1. The molecule has 0 aliphatic carbocycles. The molecule has 0 bridgehead atoms. The molecule has 5 nitrogen and oxygen atoms in total. The van der Waals surface area contributed by atoms with Crippen molar-refractivity contribution in [3.63, 3.8) is 0 Å². The van der Waals surface area contributed by atoms with Crippen molar-refractivity contribution < 1.29 is 19.1 Å². The van der Waals surface area contributed by atoms with E-state index in [9.17, 15) is 9.59 Å². The van der Waals surface area contributed by atoms with Crippen LogP contribution >= 0.6 is 22.6 Å². The second-order valence-corrected chi connectivity index (χ2v) is 4.30. The van der Waals surface area contributed by atoms with E-state index in [1.54, 1.807) is 19.2 Å². The van der Waals surface area contributed by atoms with Crippen LogP contribution in [0.15, 0.2) is 12.3 Å². The van der Waals surface area contributed by atoms with Gasteiger partial charge in [-0.05, 0) is 28.7 Å². The van der Waals surface area contributed by atoms with E-state index in [4.69, 9.17) is 9.47 Å². The second-order valence-electron chi connectivity index (χ2n) is 3.13. The molecule has 1 aromatic heterocycles. The maximum Gasteiger partial charge on any atom is 0.374 e. The Morgan fingerprint density at radius 3 is 2.76 bits per heavy atom. The minimum absolute atomic E-state index is 0.0140. The summed E-state index contributed by atoms with van der Waals surface area (Å²) in [7, 11) is 1.49. The Bertz CT molecular complexity index is 433. The maximum atomic E-state index is 11.2. The zero-order valence-corrected chi connectivity index (χ0v) is 11.7. The number of rotatable bonds is 5. The van der Waals surface area contributed by atoms with Gasteiger partial charge in [-0.25, -0.2) is 9.78 Å². The molecule has 0 saturated heterocycles. The highest BCUT2D eigenvalue weighted by Gasteiger charge is 2.15. The number of esters is 1. The molecule has 1 aromatic rings. The molecule has 0 amide bonds. The van der Waals surface area contributed by atoms with Crippen LogP contribution in [-0.2, 0) is 20.9 Å². The van der Waals surface area contributed by atoms with E-state index in [1.807, 2.05) is 0 Å². The Balaban J connectivity index is 2.75. The summed E-state index contributed by atoms with van der Waals surface area (Å²) in [5.74, 6) is -0.967. The number of hydrogen-bond acceptors (Lipinski definition) is 5. The predicted octanol–water partition coefficient (Wildman–Crippen LogP) is 1.72. The number of Topliss-reactive ketones (excluding diaryl/α,β-unsaturated/α-hetero) is 1. The number of pyridine rings is 1. The van der Waals surface area contributed by atoms with E-state index in [1.165, 1.54) is 7.11 Å². The van der Waals surface area contributed by atoms with E-state index >= 15 is 0 Å². The van der Waals surface area contributed by atoms with Gasteiger partial charge in [0.15, 0.2) is 0 Å². The maximum absolute atomic E-state index is 11.2. The Hall–Kier alpha value is -1.18. The van der Waals surface area contributed by atoms with Gasteiger partial charge >= 0.3 is 5.97 Å². The fourth-order valence-electron chi connectivity index (χ4n) is 1.12. The van der Waals surface area contributed by atoms with E-state index in [0.717, 1.165) is 3.57 Å². The molecule has 1 rings (SSSR count). The van der Waals surface area contributed by atoms with Crippen molar-refractivity contribution in [2.75, 3.05) is 7.11 Å². The summed E-state index contributed by atoms with van der Waals surface area (Å²) in [6.45, 7) is 1.60. The van der Waals surface area contributed by atoms with Gasteiger partial charge in [0.1, 0.15) is 6.61 Å². The molecule has 0 saturated carbocycles. The van der Waals surface area contributed by atoms with Gasteiger partial charge in [0, 0.05) is 16.2 Å². The SMILES string of the molecule is CCC(=O)C(=O)OCc1c(I)ccnc1OC. The highest BCUT2D eigenvalue weighted by Crippen LogP contribution is 2.21. The molecule has 1 heterocycles. The Morgan fingerprint density at radius 2 is 2.18 bits per heavy atom. The second kappa shape index (κ2) is 6.53. The average molecular weight is 349 g/mol. The van der Waals surface area contributed by atoms with Crippen LogP contribution in [0.3, 0.4) is 0 Å². The molecule has 0 aromatic carbocycles. The standard InChI is InChI=1S/C11H12INO4/c1-3-9(14)11(15)17-6-7-8(12)4-5-13-10(7)16-2/h4-5H,3,6H2,1-2H3. The van der Waals surface area contributed by atoms with Crippen LogP contribution < -0.4 is 4.74 Å². The van der Waals surface area contributed by atoms with Gasteiger partial charge in [0.25, 0.3) is 0 Å². The van der Waals surface area contributed by atoms with Crippen LogP contribution in [0, 0.1) is 3.57 Å². The quantitative estimate of drug-likeness (QED) is 0.460. The number of methoxy groups -OCH3 is 1. The van der Waals surface area contributed by atoms with Crippen molar-refractivity contribution in [2.45, 2.75) is 20.0 Å². The summed E-state index contributed by atoms with van der Waals surface area (Å²) in [6.07, 6.45) is 1.74. The molecular formula is C11H12INO4. The van der Waals surface area contributed by atoms with Crippen LogP contribution in [-0.4, -0.2) is 23.8 Å². The molecule has 0 atom stereocenters.